The lowest BCUT2D eigenvalue weighted by Gasteiger charge is -2.14. The Morgan fingerprint density at radius 2 is 2.35 bits per heavy atom. The first-order valence-electron chi connectivity index (χ1n) is 5.85. The van der Waals surface area contributed by atoms with Crippen LogP contribution in [-0.2, 0) is 11.2 Å². The smallest absolute Gasteiger partial charge is 0.141 e. The summed E-state index contributed by atoms with van der Waals surface area (Å²) in [5.74, 6) is 0.0232. The van der Waals surface area contributed by atoms with Gasteiger partial charge in [0.2, 0.25) is 0 Å². The van der Waals surface area contributed by atoms with Gasteiger partial charge in [0.25, 0.3) is 0 Å². The summed E-state index contributed by atoms with van der Waals surface area (Å²) in [6.07, 6.45) is 1.84. The summed E-state index contributed by atoms with van der Waals surface area (Å²) >= 11 is 5.69. The Bertz CT molecular complexity index is 378. The molecule has 1 heterocycles. The molecule has 1 saturated heterocycles. The first-order valence-corrected chi connectivity index (χ1v) is 6.22. The lowest BCUT2D eigenvalue weighted by molar-refractivity contribution is 0.128. The number of aliphatic hydroxyl groups is 1. The lowest BCUT2D eigenvalue weighted by Crippen LogP contribution is -2.16. The van der Waals surface area contributed by atoms with Gasteiger partial charge < -0.3 is 9.84 Å². The molecule has 0 amide bonds. The summed E-state index contributed by atoms with van der Waals surface area (Å²) in [5.41, 5.74) is 0.864. The molecular weight excluding hydrogens is 243 g/mol. The van der Waals surface area contributed by atoms with E-state index in [1.54, 1.807) is 12.1 Å². The summed E-state index contributed by atoms with van der Waals surface area (Å²) in [4.78, 5) is 0. The summed E-state index contributed by atoms with van der Waals surface area (Å²) < 4.78 is 18.2. The van der Waals surface area contributed by atoms with E-state index in [1.807, 2.05) is 0 Å². The molecular formula is C13H16ClFO2. The fourth-order valence-electron chi connectivity index (χ4n) is 2.18. The zero-order valence-electron chi connectivity index (χ0n) is 9.53. The van der Waals surface area contributed by atoms with Gasteiger partial charge in [0, 0.05) is 13.2 Å². The highest BCUT2D eigenvalue weighted by Gasteiger charge is 2.19. The first kappa shape index (κ1) is 12.8. The topological polar surface area (TPSA) is 29.5 Å². The zero-order chi connectivity index (χ0) is 12.3. The largest absolute Gasteiger partial charge is 0.393 e. The highest BCUT2D eigenvalue weighted by Crippen LogP contribution is 2.21. The zero-order valence-corrected chi connectivity index (χ0v) is 10.3. The molecule has 2 rings (SSSR count). The van der Waals surface area contributed by atoms with Crippen molar-refractivity contribution >= 4 is 11.6 Å². The molecule has 1 aliphatic heterocycles. The minimum absolute atomic E-state index is 0.110. The predicted molar refractivity (Wildman–Crippen MR) is 64.7 cm³/mol. The Hall–Kier alpha value is -0.640. The maximum Gasteiger partial charge on any atom is 0.141 e. The van der Waals surface area contributed by atoms with Gasteiger partial charge >= 0.3 is 0 Å². The summed E-state index contributed by atoms with van der Waals surface area (Å²) in [6, 6.07) is 4.57. The minimum atomic E-state index is -0.422. The molecule has 0 aromatic heterocycles. The molecule has 1 aromatic carbocycles. The van der Waals surface area contributed by atoms with Crippen LogP contribution in [0.2, 0.25) is 5.02 Å². The lowest BCUT2D eigenvalue weighted by atomic mass is 9.96. The van der Waals surface area contributed by atoms with E-state index in [0.717, 1.165) is 31.6 Å². The van der Waals surface area contributed by atoms with Gasteiger partial charge in [-0.2, -0.15) is 0 Å². The van der Waals surface area contributed by atoms with E-state index in [9.17, 15) is 9.50 Å². The average molecular weight is 259 g/mol. The number of hydrogen-bond acceptors (Lipinski definition) is 2. The third-order valence-electron chi connectivity index (χ3n) is 3.08. The average Bonchev–Trinajstić information content (AvgIpc) is 2.76. The van der Waals surface area contributed by atoms with Gasteiger partial charge in [-0.3, -0.25) is 0 Å². The molecule has 0 saturated carbocycles. The van der Waals surface area contributed by atoms with Crippen LogP contribution in [-0.4, -0.2) is 24.4 Å². The predicted octanol–water partition coefficient (Wildman–Crippen LogP) is 2.81. The Balaban J connectivity index is 1.88. The van der Waals surface area contributed by atoms with Crippen molar-refractivity contribution in [3.63, 3.8) is 0 Å². The number of hydrogen-bond donors (Lipinski definition) is 1. The van der Waals surface area contributed by atoms with E-state index >= 15 is 0 Å². The highest BCUT2D eigenvalue weighted by molar-refractivity contribution is 6.30. The third-order valence-corrected chi connectivity index (χ3v) is 3.37. The van der Waals surface area contributed by atoms with E-state index < -0.39 is 11.9 Å². The van der Waals surface area contributed by atoms with Crippen molar-refractivity contribution in [3.05, 3.63) is 34.6 Å². The van der Waals surface area contributed by atoms with Crippen LogP contribution < -0.4 is 0 Å². The Kier molecular flexibility index (Phi) is 4.37. The van der Waals surface area contributed by atoms with Crippen LogP contribution >= 0.6 is 11.6 Å². The summed E-state index contributed by atoms with van der Waals surface area (Å²) in [6.45, 7) is 1.53. The standard InChI is InChI=1S/C13H16ClFO2/c14-12-7-9(1-2-13(12)15)5-11(16)6-10-3-4-17-8-10/h1-2,7,10-11,16H,3-6,8H2. The SMILES string of the molecule is OC(Cc1ccc(F)c(Cl)c1)CC1CCOC1. The van der Waals surface area contributed by atoms with Crippen molar-refractivity contribution in [2.24, 2.45) is 5.92 Å². The molecule has 0 radical (unpaired) electrons. The number of rotatable bonds is 4. The van der Waals surface area contributed by atoms with Crippen LogP contribution in [0.5, 0.6) is 0 Å². The monoisotopic (exact) mass is 258 g/mol. The van der Waals surface area contributed by atoms with Gasteiger partial charge in [-0.15, -0.1) is 0 Å². The second-order valence-electron chi connectivity index (χ2n) is 4.57. The fourth-order valence-corrected chi connectivity index (χ4v) is 2.38. The van der Waals surface area contributed by atoms with Gasteiger partial charge in [0.05, 0.1) is 11.1 Å². The Morgan fingerprint density at radius 1 is 1.53 bits per heavy atom. The van der Waals surface area contributed by atoms with Gasteiger partial charge in [0.15, 0.2) is 0 Å². The molecule has 0 bridgehead atoms. The van der Waals surface area contributed by atoms with Crippen LogP contribution in [0.15, 0.2) is 18.2 Å². The van der Waals surface area contributed by atoms with Crippen molar-refractivity contribution < 1.29 is 14.2 Å². The van der Waals surface area contributed by atoms with Crippen molar-refractivity contribution in [2.45, 2.75) is 25.4 Å². The molecule has 1 aromatic rings. The van der Waals surface area contributed by atoms with Crippen LogP contribution in [0.4, 0.5) is 4.39 Å². The third kappa shape index (κ3) is 3.66. The van der Waals surface area contributed by atoms with Crippen molar-refractivity contribution in [1.82, 2.24) is 0 Å². The second kappa shape index (κ2) is 5.80. The molecule has 0 aliphatic carbocycles. The van der Waals surface area contributed by atoms with E-state index in [0.29, 0.717) is 12.3 Å². The molecule has 0 spiro atoms. The number of ether oxygens (including phenoxy) is 1. The maximum absolute atomic E-state index is 13.0. The van der Waals surface area contributed by atoms with Crippen LogP contribution in [0.25, 0.3) is 0 Å². The van der Waals surface area contributed by atoms with Crippen molar-refractivity contribution in [3.8, 4) is 0 Å². The molecule has 2 atom stereocenters. The van der Waals surface area contributed by atoms with Gasteiger partial charge in [-0.1, -0.05) is 17.7 Å². The van der Waals surface area contributed by atoms with Crippen molar-refractivity contribution in [1.29, 1.82) is 0 Å². The molecule has 1 aliphatic rings. The molecule has 1 fully saturated rings. The Labute approximate surface area is 105 Å². The van der Waals surface area contributed by atoms with E-state index in [1.165, 1.54) is 6.07 Å². The van der Waals surface area contributed by atoms with E-state index in [-0.39, 0.29) is 5.02 Å². The number of benzene rings is 1. The van der Waals surface area contributed by atoms with Gasteiger partial charge in [0.1, 0.15) is 5.82 Å². The normalized spacial score (nSPS) is 21.7. The van der Waals surface area contributed by atoms with Crippen molar-refractivity contribution in [2.75, 3.05) is 13.2 Å². The number of halogens is 2. The quantitative estimate of drug-likeness (QED) is 0.900. The van der Waals surface area contributed by atoms with Crippen LogP contribution in [0, 0.1) is 11.7 Å². The maximum atomic E-state index is 13.0. The first-order chi connectivity index (χ1) is 8.15. The second-order valence-corrected chi connectivity index (χ2v) is 4.98. The highest BCUT2D eigenvalue weighted by atomic mass is 35.5. The molecule has 1 N–H and O–H groups in total. The van der Waals surface area contributed by atoms with Gasteiger partial charge in [-0.25, -0.2) is 4.39 Å². The van der Waals surface area contributed by atoms with Crippen LogP contribution in [0.1, 0.15) is 18.4 Å². The minimum Gasteiger partial charge on any atom is -0.393 e. The summed E-state index contributed by atoms with van der Waals surface area (Å²) in [5, 5.41) is 10.0. The fraction of sp³-hybridized carbons (Fsp3) is 0.538. The molecule has 17 heavy (non-hydrogen) atoms. The van der Waals surface area contributed by atoms with E-state index in [4.69, 9.17) is 16.3 Å². The molecule has 2 nitrogen and oxygen atoms in total. The molecule has 94 valence electrons. The molecule has 4 heteroatoms. The van der Waals surface area contributed by atoms with Crippen LogP contribution in [0.3, 0.4) is 0 Å². The Morgan fingerprint density at radius 3 is 3.00 bits per heavy atom. The molecule has 2 unspecified atom stereocenters. The van der Waals surface area contributed by atoms with Gasteiger partial charge in [-0.05, 0) is 42.9 Å². The summed E-state index contributed by atoms with van der Waals surface area (Å²) in [7, 11) is 0. The van der Waals surface area contributed by atoms with E-state index in [2.05, 4.69) is 0 Å². The number of aliphatic hydroxyl groups excluding tert-OH is 1.